The van der Waals surface area contributed by atoms with Gasteiger partial charge in [0.1, 0.15) is 5.75 Å². The van der Waals surface area contributed by atoms with E-state index < -0.39 is 11.9 Å². The summed E-state index contributed by atoms with van der Waals surface area (Å²) in [5, 5.41) is 2.79. The number of carbonyl (C=O) groups is 3. The summed E-state index contributed by atoms with van der Waals surface area (Å²) in [7, 11) is 1.57. The molecule has 2 atom stereocenters. The smallest absolute Gasteiger partial charge is 0.311 e. The lowest BCUT2D eigenvalue weighted by Crippen LogP contribution is -2.32. The SMILES string of the molecule is COc1ccc(N2C[C@@H](C(=O)OCC(=O)N[C@@H](C)c3ccccc3)CC2=O)cc1. The molecular weight excluding hydrogens is 372 g/mol. The van der Waals surface area contributed by atoms with Gasteiger partial charge >= 0.3 is 5.97 Å². The molecule has 1 aliphatic rings. The molecule has 1 saturated heterocycles. The van der Waals surface area contributed by atoms with E-state index in [1.165, 1.54) is 0 Å². The highest BCUT2D eigenvalue weighted by Gasteiger charge is 2.36. The highest BCUT2D eigenvalue weighted by atomic mass is 16.5. The summed E-state index contributed by atoms with van der Waals surface area (Å²) in [6, 6.07) is 16.4. The maximum Gasteiger partial charge on any atom is 0.311 e. The zero-order valence-corrected chi connectivity index (χ0v) is 16.5. The first-order valence-electron chi connectivity index (χ1n) is 9.43. The molecule has 2 aromatic rings. The van der Waals surface area contributed by atoms with E-state index in [0.717, 1.165) is 5.56 Å². The molecule has 1 aliphatic heterocycles. The Morgan fingerprint density at radius 3 is 2.48 bits per heavy atom. The second-order valence-corrected chi connectivity index (χ2v) is 6.91. The molecule has 0 spiro atoms. The van der Waals surface area contributed by atoms with Crippen LogP contribution in [0.2, 0.25) is 0 Å². The predicted octanol–water partition coefficient (Wildman–Crippen LogP) is 2.47. The highest BCUT2D eigenvalue weighted by molar-refractivity contribution is 5.99. The van der Waals surface area contributed by atoms with Crippen LogP contribution in [0, 0.1) is 5.92 Å². The molecule has 1 fully saturated rings. The van der Waals surface area contributed by atoms with E-state index in [1.807, 2.05) is 37.3 Å². The van der Waals surface area contributed by atoms with Gasteiger partial charge in [-0.1, -0.05) is 30.3 Å². The molecule has 0 radical (unpaired) electrons. The Morgan fingerprint density at radius 1 is 1.14 bits per heavy atom. The maximum absolute atomic E-state index is 12.3. The predicted molar refractivity (Wildman–Crippen MR) is 107 cm³/mol. The van der Waals surface area contributed by atoms with Gasteiger partial charge in [0.15, 0.2) is 6.61 Å². The Labute approximate surface area is 169 Å². The van der Waals surface area contributed by atoms with Gasteiger partial charge in [-0.25, -0.2) is 0 Å². The molecule has 0 bridgehead atoms. The van der Waals surface area contributed by atoms with E-state index in [1.54, 1.807) is 36.3 Å². The van der Waals surface area contributed by atoms with Crippen molar-refractivity contribution in [1.29, 1.82) is 0 Å². The van der Waals surface area contributed by atoms with E-state index in [-0.39, 0.29) is 37.4 Å². The van der Waals surface area contributed by atoms with Gasteiger partial charge in [0.25, 0.3) is 5.91 Å². The summed E-state index contributed by atoms with van der Waals surface area (Å²) in [5.41, 5.74) is 1.66. The van der Waals surface area contributed by atoms with Crippen molar-refractivity contribution in [2.75, 3.05) is 25.2 Å². The fourth-order valence-corrected chi connectivity index (χ4v) is 3.24. The first-order chi connectivity index (χ1) is 14.0. The number of esters is 1. The van der Waals surface area contributed by atoms with E-state index in [4.69, 9.17) is 9.47 Å². The Bertz CT molecular complexity index is 867. The van der Waals surface area contributed by atoms with Crippen LogP contribution in [0.3, 0.4) is 0 Å². The van der Waals surface area contributed by atoms with Gasteiger partial charge in [-0.2, -0.15) is 0 Å². The zero-order valence-electron chi connectivity index (χ0n) is 16.5. The molecular formula is C22H24N2O5. The van der Waals surface area contributed by atoms with Gasteiger partial charge in [0.2, 0.25) is 5.91 Å². The number of carbonyl (C=O) groups excluding carboxylic acids is 3. The summed E-state index contributed by atoms with van der Waals surface area (Å²) >= 11 is 0. The number of methoxy groups -OCH3 is 1. The van der Waals surface area contributed by atoms with Crippen molar-refractivity contribution in [2.24, 2.45) is 5.92 Å². The third-order valence-electron chi connectivity index (χ3n) is 4.87. The van der Waals surface area contributed by atoms with Gasteiger partial charge in [0, 0.05) is 18.7 Å². The van der Waals surface area contributed by atoms with Crippen molar-refractivity contribution in [3.05, 3.63) is 60.2 Å². The largest absolute Gasteiger partial charge is 0.497 e. The zero-order chi connectivity index (χ0) is 20.8. The normalized spacial score (nSPS) is 17.0. The lowest BCUT2D eigenvalue weighted by molar-refractivity contribution is -0.152. The second-order valence-electron chi connectivity index (χ2n) is 6.91. The summed E-state index contributed by atoms with van der Waals surface area (Å²) < 4.78 is 10.3. The quantitative estimate of drug-likeness (QED) is 0.727. The minimum Gasteiger partial charge on any atom is -0.497 e. The van der Waals surface area contributed by atoms with Crippen LogP contribution in [0.1, 0.15) is 24.9 Å². The summed E-state index contributed by atoms with van der Waals surface area (Å²) in [6.07, 6.45) is 0.0624. The molecule has 7 heteroatoms. The van der Waals surface area contributed by atoms with Gasteiger partial charge < -0.3 is 19.7 Å². The molecule has 1 N–H and O–H groups in total. The van der Waals surface area contributed by atoms with Crippen LogP contribution in [0.15, 0.2) is 54.6 Å². The van der Waals surface area contributed by atoms with E-state index >= 15 is 0 Å². The third-order valence-corrected chi connectivity index (χ3v) is 4.87. The first-order valence-corrected chi connectivity index (χ1v) is 9.43. The van der Waals surface area contributed by atoms with Crippen LogP contribution in [0.4, 0.5) is 5.69 Å². The van der Waals surface area contributed by atoms with E-state index in [0.29, 0.717) is 11.4 Å². The minimum absolute atomic E-state index is 0.0624. The minimum atomic E-state index is -0.594. The number of nitrogens with zero attached hydrogens (tertiary/aromatic N) is 1. The molecule has 2 aromatic carbocycles. The molecule has 0 aliphatic carbocycles. The summed E-state index contributed by atoms with van der Waals surface area (Å²) in [6.45, 7) is 1.71. The van der Waals surface area contributed by atoms with Crippen molar-refractivity contribution >= 4 is 23.5 Å². The second kappa shape index (κ2) is 9.23. The van der Waals surface area contributed by atoms with Crippen LogP contribution < -0.4 is 15.0 Å². The Kier molecular flexibility index (Phi) is 6.49. The molecule has 7 nitrogen and oxygen atoms in total. The molecule has 1 heterocycles. The number of nitrogens with one attached hydrogen (secondary N) is 1. The number of ether oxygens (including phenoxy) is 2. The fraction of sp³-hybridized carbons (Fsp3) is 0.318. The molecule has 0 unspecified atom stereocenters. The van der Waals surface area contributed by atoms with Gasteiger partial charge in [-0.3, -0.25) is 14.4 Å². The summed E-state index contributed by atoms with van der Waals surface area (Å²) in [4.78, 5) is 38.2. The molecule has 3 rings (SSSR count). The molecule has 0 aromatic heterocycles. The van der Waals surface area contributed by atoms with Crippen molar-refractivity contribution < 1.29 is 23.9 Å². The van der Waals surface area contributed by atoms with Crippen LogP contribution in [0.5, 0.6) is 5.75 Å². The molecule has 0 saturated carbocycles. The Balaban J connectivity index is 1.49. The van der Waals surface area contributed by atoms with Gasteiger partial charge in [-0.05, 0) is 36.8 Å². The molecule has 29 heavy (non-hydrogen) atoms. The highest BCUT2D eigenvalue weighted by Crippen LogP contribution is 2.27. The first kappa shape index (κ1) is 20.4. The monoisotopic (exact) mass is 396 g/mol. The average molecular weight is 396 g/mol. The van der Waals surface area contributed by atoms with E-state index in [9.17, 15) is 14.4 Å². The van der Waals surface area contributed by atoms with Gasteiger partial charge in [-0.15, -0.1) is 0 Å². The van der Waals surface area contributed by atoms with Crippen molar-refractivity contribution in [3.8, 4) is 5.75 Å². The van der Waals surface area contributed by atoms with Crippen LogP contribution in [-0.4, -0.2) is 38.0 Å². The van der Waals surface area contributed by atoms with Crippen molar-refractivity contribution in [2.45, 2.75) is 19.4 Å². The third kappa shape index (κ3) is 5.13. The Morgan fingerprint density at radius 2 is 1.83 bits per heavy atom. The van der Waals surface area contributed by atoms with Crippen LogP contribution in [-0.2, 0) is 19.1 Å². The molecule has 2 amide bonds. The van der Waals surface area contributed by atoms with Crippen LogP contribution in [0.25, 0.3) is 0 Å². The number of hydrogen-bond acceptors (Lipinski definition) is 5. The lowest BCUT2D eigenvalue weighted by Gasteiger charge is -2.17. The maximum atomic E-state index is 12.3. The van der Waals surface area contributed by atoms with Gasteiger partial charge in [0.05, 0.1) is 19.1 Å². The molecule has 152 valence electrons. The topological polar surface area (TPSA) is 84.9 Å². The average Bonchev–Trinajstić information content (AvgIpc) is 3.14. The number of amides is 2. The number of anilines is 1. The number of rotatable bonds is 7. The van der Waals surface area contributed by atoms with E-state index in [2.05, 4.69) is 5.32 Å². The Hall–Kier alpha value is -3.35. The lowest BCUT2D eigenvalue weighted by atomic mass is 10.1. The fourth-order valence-electron chi connectivity index (χ4n) is 3.24. The standard InChI is InChI=1S/C22H24N2O5/c1-15(16-6-4-3-5-7-16)23-20(25)14-29-22(27)17-12-21(26)24(13-17)18-8-10-19(28-2)11-9-18/h3-11,15,17H,12-14H2,1-2H3,(H,23,25)/t15-,17-/m0/s1. The number of hydrogen-bond donors (Lipinski definition) is 1. The number of benzene rings is 2. The van der Waals surface area contributed by atoms with Crippen LogP contribution >= 0.6 is 0 Å². The van der Waals surface area contributed by atoms with Crippen molar-refractivity contribution in [3.63, 3.8) is 0 Å². The summed E-state index contributed by atoms with van der Waals surface area (Å²) in [5.74, 6) is -0.988. The van der Waals surface area contributed by atoms with Crippen molar-refractivity contribution in [1.82, 2.24) is 5.32 Å².